The van der Waals surface area contributed by atoms with Crippen LogP contribution in [-0.2, 0) is 23.2 Å². The fourth-order valence-corrected chi connectivity index (χ4v) is 3.23. The molecule has 0 aliphatic heterocycles. The van der Waals surface area contributed by atoms with Crippen LogP contribution in [0.4, 0.5) is 19.0 Å². The zero-order valence-corrected chi connectivity index (χ0v) is 16.3. The van der Waals surface area contributed by atoms with Crippen LogP contribution in [0.3, 0.4) is 0 Å². The minimum absolute atomic E-state index is 0.0465. The summed E-state index contributed by atoms with van der Waals surface area (Å²) < 4.78 is 64.8. The Kier molecular flexibility index (Phi) is 6.57. The molecular formula is C15H17ClF3N5O3S. The predicted molar refractivity (Wildman–Crippen MR) is 96.7 cm³/mol. The highest BCUT2D eigenvalue weighted by Crippen LogP contribution is 2.32. The molecule has 0 aliphatic rings. The zero-order valence-electron chi connectivity index (χ0n) is 14.8. The van der Waals surface area contributed by atoms with E-state index < -0.39 is 27.7 Å². The molecule has 0 radical (unpaired) electrons. The van der Waals surface area contributed by atoms with E-state index in [2.05, 4.69) is 20.3 Å². The number of aromatic nitrogens is 2. The number of aryl methyl sites for hydroxylation is 1. The third kappa shape index (κ3) is 5.14. The number of sulfonamides is 1. The van der Waals surface area contributed by atoms with Crippen molar-refractivity contribution in [2.24, 2.45) is 7.05 Å². The van der Waals surface area contributed by atoms with Crippen molar-refractivity contribution in [2.75, 3.05) is 25.5 Å². The topological polar surface area (TPSA) is 105 Å². The van der Waals surface area contributed by atoms with Crippen molar-refractivity contribution >= 4 is 33.3 Å². The van der Waals surface area contributed by atoms with Gasteiger partial charge in [0.2, 0.25) is 10.0 Å². The summed E-state index contributed by atoms with van der Waals surface area (Å²) >= 11 is 5.77. The standard InChI is InChI=1S/C15H17ClF3N5O3S/c1-20-28(26,27)10-6-12(24(2)8-10)14(25)22-4-3-21-13-11(16)5-9(7-23-13)15(17,18)19/h5-8,20H,3-4H2,1-2H3,(H,21,23)(H,22,25). The molecule has 2 aromatic rings. The van der Waals surface area contributed by atoms with E-state index in [0.29, 0.717) is 6.20 Å². The molecule has 0 bridgehead atoms. The van der Waals surface area contributed by atoms with Crippen LogP contribution in [0.5, 0.6) is 0 Å². The molecule has 0 aliphatic carbocycles. The Bertz CT molecular complexity index is 976. The summed E-state index contributed by atoms with van der Waals surface area (Å²) in [5, 5.41) is 5.07. The highest BCUT2D eigenvalue weighted by atomic mass is 35.5. The van der Waals surface area contributed by atoms with Crippen molar-refractivity contribution in [2.45, 2.75) is 11.1 Å². The van der Waals surface area contributed by atoms with E-state index in [0.717, 1.165) is 6.07 Å². The zero-order chi connectivity index (χ0) is 21.1. The number of alkyl halides is 3. The summed E-state index contributed by atoms with van der Waals surface area (Å²) in [5.41, 5.74) is -0.841. The molecule has 2 heterocycles. The monoisotopic (exact) mass is 439 g/mol. The molecule has 28 heavy (non-hydrogen) atoms. The minimum Gasteiger partial charge on any atom is -0.367 e. The molecule has 0 fully saturated rings. The number of rotatable bonds is 7. The van der Waals surface area contributed by atoms with Crippen LogP contribution < -0.4 is 15.4 Å². The van der Waals surface area contributed by atoms with Crippen LogP contribution in [0, 0.1) is 0 Å². The highest BCUT2D eigenvalue weighted by molar-refractivity contribution is 7.89. The first-order chi connectivity index (χ1) is 13.0. The third-order valence-corrected chi connectivity index (χ3v) is 5.33. The number of hydrogen-bond acceptors (Lipinski definition) is 5. The quantitative estimate of drug-likeness (QED) is 0.571. The molecule has 154 valence electrons. The molecule has 0 saturated carbocycles. The maximum absolute atomic E-state index is 12.6. The van der Waals surface area contributed by atoms with Crippen molar-refractivity contribution in [3.8, 4) is 0 Å². The SMILES string of the molecule is CNS(=O)(=O)c1cc(C(=O)NCCNc2ncc(C(F)(F)F)cc2Cl)n(C)c1. The summed E-state index contributed by atoms with van der Waals surface area (Å²) in [6.07, 6.45) is -2.59. The number of anilines is 1. The lowest BCUT2D eigenvalue weighted by Gasteiger charge is -2.11. The van der Waals surface area contributed by atoms with Gasteiger partial charge in [0.25, 0.3) is 5.91 Å². The fourth-order valence-electron chi connectivity index (χ4n) is 2.20. The lowest BCUT2D eigenvalue weighted by atomic mass is 10.3. The average Bonchev–Trinajstić information content (AvgIpc) is 3.01. The second-order valence-corrected chi connectivity index (χ2v) is 7.91. The van der Waals surface area contributed by atoms with Crippen molar-refractivity contribution in [3.63, 3.8) is 0 Å². The van der Waals surface area contributed by atoms with Crippen LogP contribution in [0.2, 0.25) is 5.02 Å². The van der Waals surface area contributed by atoms with Crippen LogP contribution >= 0.6 is 11.6 Å². The number of nitrogens with zero attached hydrogens (tertiary/aromatic N) is 2. The van der Waals surface area contributed by atoms with Gasteiger partial charge in [0.05, 0.1) is 10.6 Å². The van der Waals surface area contributed by atoms with Crippen molar-refractivity contribution < 1.29 is 26.4 Å². The summed E-state index contributed by atoms with van der Waals surface area (Å²) in [6.45, 7) is 0.229. The third-order valence-electron chi connectivity index (χ3n) is 3.66. The molecule has 0 atom stereocenters. The average molecular weight is 440 g/mol. The molecule has 0 aromatic carbocycles. The van der Waals surface area contributed by atoms with Crippen LogP contribution in [-0.4, -0.2) is 44.0 Å². The maximum atomic E-state index is 12.6. The molecule has 0 saturated heterocycles. The van der Waals surface area contributed by atoms with E-state index in [4.69, 9.17) is 11.6 Å². The van der Waals surface area contributed by atoms with Gasteiger partial charge in [0, 0.05) is 32.5 Å². The van der Waals surface area contributed by atoms with Gasteiger partial charge in [0.1, 0.15) is 16.4 Å². The second kappa shape index (κ2) is 8.37. The van der Waals surface area contributed by atoms with E-state index in [1.807, 2.05) is 0 Å². The smallest absolute Gasteiger partial charge is 0.367 e. The Hall–Kier alpha value is -2.31. The first-order valence-electron chi connectivity index (χ1n) is 7.80. The maximum Gasteiger partial charge on any atom is 0.417 e. The van der Waals surface area contributed by atoms with Crippen LogP contribution in [0.15, 0.2) is 29.4 Å². The number of pyridine rings is 1. The molecule has 2 aromatic heterocycles. The Labute approximate surface area is 164 Å². The molecule has 3 N–H and O–H groups in total. The molecule has 1 amide bonds. The fraction of sp³-hybridized carbons (Fsp3) is 0.333. The van der Waals surface area contributed by atoms with Crippen molar-refractivity contribution in [1.82, 2.24) is 19.6 Å². The summed E-state index contributed by atoms with van der Waals surface area (Å²) in [4.78, 5) is 15.8. The van der Waals surface area contributed by atoms with E-state index in [1.54, 1.807) is 0 Å². The number of carbonyl (C=O) groups excluding carboxylic acids is 1. The Morgan fingerprint density at radius 1 is 1.29 bits per heavy atom. The lowest BCUT2D eigenvalue weighted by molar-refractivity contribution is -0.137. The largest absolute Gasteiger partial charge is 0.417 e. The summed E-state index contributed by atoms with van der Waals surface area (Å²) in [5.74, 6) is -0.474. The minimum atomic E-state index is -4.54. The first kappa shape index (κ1) is 22.0. The van der Waals surface area contributed by atoms with Crippen molar-refractivity contribution in [1.29, 1.82) is 0 Å². The number of amides is 1. The van der Waals surface area contributed by atoms with Crippen LogP contribution in [0.25, 0.3) is 0 Å². The summed E-state index contributed by atoms with van der Waals surface area (Å²) in [6, 6.07) is 1.98. The summed E-state index contributed by atoms with van der Waals surface area (Å²) in [7, 11) is -0.900. The van der Waals surface area contributed by atoms with Gasteiger partial charge in [-0.2, -0.15) is 13.2 Å². The van der Waals surface area contributed by atoms with E-state index in [-0.39, 0.29) is 34.5 Å². The number of halogens is 4. The number of carbonyl (C=O) groups is 1. The van der Waals surface area contributed by atoms with E-state index >= 15 is 0 Å². The Morgan fingerprint density at radius 2 is 1.96 bits per heavy atom. The van der Waals surface area contributed by atoms with E-state index in [9.17, 15) is 26.4 Å². The normalized spacial score (nSPS) is 12.1. The van der Waals surface area contributed by atoms with Gasteiger partial charge in [0.15, 0.2) is 0 Å². The van der Waals surface area contributed by atoms with Gasteiger partial charge in [-0.1, -0.05) is 11.6 Å². The van der Waals surface area contributed by atoms with Gasteiger partial charge in [-0.25, -0.2) is 18.1 Å². The number of hydrogen-bond donors (Lipinski definition) is 3. The molecule has 8 nitrogen and oxygen atoms in total. The van der Waals surface area contributed by atoms with Gasteiger partial charge >= 0.3 is 6.18 Å². The van der Waals surface area contributed by atoms with E-state index in [1.165, 1.54) is 30.9 Å². The molecule has 0 spiro atoms. The van der Waals surface area contributed by atoms with Gasteiger partial charge in [-0.3, -0.25) is 4.79 Å². The first-order valence-corrected chi connectivity index (χ1v) is 9.66. The molecule has 0 unspecified atom stereocenters. The molecular weight excluding hydrogens is 423 g/mol. The highest BCUT2D eigenvalue weighted by Gasteiger charge is 2.31. The van der Waals surface area contributed by atoms with Gasteiger partial charge in [-0.15, -0.1) is 0 Å². The number of nitrogens with one attached hydrogen (secondary N) is 3. The lowest BCUT2D eigenvalue weighted by Crippen LogP contribution is -2.30. The van der Waals surface area contributed by atoms with Crippen molar-refractivity contribution in [3.05, 3.63) is 40.8 Å². The van der Waals surface area contributed by atoms with Gasteiger partial charge in [-0.05, 0) is 19.2 Å². The van der Waals surface area contributed by atoms with Gasteiger partial charge < -0.3 is 15.2 Å². The van der Waals surface area contributed by atoms with Crippen LogP contribution in [0.1, 0.15) is 16.1 Å². The Morgan fingerprint density at radius 3 is 2.54 bits per heavy atom. The molecule has 13 heteroatoms. The molecule has 2 rings (SSSR count). The predicted octanol–water partition coefficient (Wildman–Crippen LogP) is 1.84. The second-order valence-electron chi connectivity index (χ2n) is 5.61. The Balaban J connectivity index is 1.93.